The van der Waals surface area contributed by atoms with Crippen LogP contribution in [0.3, 0.4) is 0 Å². The molecule has 0 unspecified atom stereocenters. The maximum atomic E-state index is 14.1. The summed E-state index contributed by atoms with van der Waals surface area (Å²) in [6.45, 7) is 0. The minimum Gasteiger partial charge on any atom is -0.496 e. The number of alkyl halides is 1. The van der Waals surface area contributed by atoms with Crippen molar-refractivity contribution in [2.45, 2.75) is 5.88 Å². The van der Waals surface area contributed by atoms with Crippen LogP contribution in [0.25, 0.3) is 10.9 Å². The fourth-order valence-corrected chi connectivity index (χ4v) is 2.63. The standard InChI is InChI=1S/C16H12Cl2FN3O/c1-23-14-6-13-10(5-9(14)7-17)16(21-8-20-13)22-12-4-2-3-11(18)15(12)19/h2-6,8H,7H2,1H3,(H,20,21,22). The van der Waals surface area contributed by atoms with Gasteiger partial charge in [0.2, 0.25) is 0 Å². The largest absolute Gasteiger partial charge is 0.496 e. The van der Waals surface area contributed by atoms with Crippen molar-refractivity contribution in [1.82, 2.24) is 9.97 Å². The predicted molar refractivity (Wildman–Crippen MR) is 90.3 cm³/mol. The van der Waals surface area contributed by atoms with Crippen LogP contribution in [-0.2, 0) is 5.88 Å². The van der Waals surface area contributed by atoms with Crippen molar-refractivity contribution in [1.29, 1.82) is 0 Å². The Kier molecular flexibility index (Phi) is 4.50. The van der Waals surface area contributed by atoms with Crippen LogP contribution in [0.5, 0.6) is 5.75 Å². The molecule has 0 saturated carbocycles. The molecule has 0 atom stereocenters. The van der Waals surface area contributed by atoms with E-state index < -0.39 is 5.82 Å². The van der Waals surface area contributed by atoms with Crippen molar-refractivity contribution < 1.29 is 9.13 Å². The van der Waals surface area contributed by atoms with Gasteiger partial charge in [0.15, 0.2) is 5.82 Å². The number of aromatic nitrogens is 2. The first-order valence-electron chi connectivity index (χ1n) is 6.72. The zero-order valence-electron chi connectivity index (χ0n) is 12.1. The van der Waals surface area contributed by atoms with E-state index in [1.807, 2.05) is 6.07 Å². The van der Waals surface area contributed by atoms with Gasteiger partial charge < -0.3 is 10.1 Å². The molecule has 118 valence electrons. The van der Waals surface area contributed by atoms with Gasteiger partial charge in [0.1, 0.15) is 17.9 Å². The Morgan fingerprint density at radius 3 is 2.83 bits per heavy atom. The van der Waals surface area contributed by atoms with Crippen molar-refractivity contribution in [3.05, 3.63) is 53.1 Å². The van der Waals surface area contributed by atoms with Gasteiger partial charge in [-0.05, 0) is 18.2 Å². The average molecular weight is 352 g/mol. The van der Waals surface area contributed by atoms with E-state index in [1.54, 1.807) is 25.3 Å². The number of hydrogen-bond acceptors (Lipinski definition) is 4. The van der Waals surface area contributed by atoms with Crippen molar-refractivity contribution in [2.24, 2.45) is 0 Å². The average Bonchev–Trinajstić information content (AvgIpc) is 2.58. The van der Waals surface area contributed by atoms with Crippen LogP contribution in [0.1, 0.15) is 5.56 Å². The van der Waals surface area contributed by atoms with E-state index in [4.69, 9.17) is 27.9 Å². The minimum absolute atomic E-state index is 0.0384. The van der Waals surface area contributed by atoms with Crippen LogP contribution >= 0.6 is 23.2 Å². The first-order chi connectivity index (χ1) is 11.1. The quantitative estimate of drug-likeness (QED) is 0.678. The van der Waals surface area contributed by atoms with E-state index in [0.29, 0.717) is 22.5 Å². The number of ether oxygens (including phenoxy) is 1. The smallest absolute Gasteiger partial charge is 0.165 e. The molecule has 4 nitrogen and oxygen atoms in total. The highest BCUT2D eigenvalue weighted by Crippen LogP contribution is 2.31. The van der Waals surface area contributed by atoms with Crippen molar-refractivity contribution >= 4 is 45.6 Å². The number of fused-ring (bicyclic) bond motifs is 1. The first kappa shape index (κ1) is 15.8. The summed E-state index contributed by atoms with van der Waals surface area (Å²) in [6, 6.07) is 8.32. The maximum Gasteiger partial charge on any atom is 0.165 e. The van der Waals surface area contributed by atoms with E-state index in [0.717, 1.165) is 5.56 Å². The molecule has 0 aliphatic carbocycles. The first-order valence-corrected chi connectivity index (χ1v) is 7.64. The molecule has 0 amide bonds. The number of hydrogen-bond donors (Lipinski definition) is 1. The van der Waals surface area contributed by atoms with Crippen LogP contribution in [0.2, 0.25) is 5.02 Å². The molecule has 0 fully saturated rings. The number of anilines is 2. The third-order valence-corrected chi connectivity index (χ3v) is 3.97. The molecule has 1 N–H and O–H groups in total. The maximum absolute atomic E-state index is 14.1. The molecule has 1 aromatic heterocycles. The molecule has 7 heteroatoms. The molecule has 3 rings (SSSR count). The van der Waals surface area contributed by atoms with E-state index >= 15 is 0 Å². The lowest BCUT2D eigenvalue weighted by molar-refractivity contribution is 0.412. The summed E-state index contributed by atoms with van der Waals surface area (Å²) in [5.41, 5.74) is 1.70. The molecule has 0 radical (unpaired) electrons. The highest BCUT2D eigenvalue weighted by atomic mass is 35.5. The molecule has 0 bridgehead atoms. The third-order valence-electron chi connectivity index (χ3n) is 3.39. The Hall–Kier alpha value is -2.11. The fraction of sp³-hybridized carbons (Fsp3) is 0.125. The van der Waals surface area contributed by atoms with Gasteiger partial charge in [-0.3, -0.25) is 0 Å². The molecule has 0 saturated heterocycles. The summed E-state index contributed by atoms with van der Waals surface area (Å²) in [6.07, 6.45) is 1.40. The zero-order valence-corrected chi connectivity index (χ0v) is 13.6. The normalized spacial score (nSPS) is 10.8. The van der Waals surface area contributed by atoms with Crippen LogP contribution in [0, 0.1) is 5.82 Å². The highest BCUT2D eigenvalue weighted by Gasteiger charge is 2.12. The number of benzene rings is 2. The zero-order chi connectivity index (χ0) is 16.4. The van der Waals surface area contributed by atoms with Gasteiger partial charge in [-0.2, -0.15) is 0 Å². The number of nitrogens with one attached hydrogen (secondary N) is 1. The molecule has 1 heterocycles. The number of methoxy groups -OCH3 is 1. The van der Waals surface area contributed by atoms with Gasteiger partial charge in [0, 0.05) is 17.0 Å². The SMILES string of the molecule is COc1cc2ncnc(Nc3cccc(Cl)c3F)c2cc1CCl. The van der Waals surface area contributed by atoms with Crippen molar-refractivity contribution in [3.8, 4) is 5.75 Å². The van der Waals surface area contributed by atoms with Gasteiger partial charge in [-0.25, -0.2) is 14.4 Å². The minimum atomic E-state index is -0.535. The van der Waals surface area contributed by atoms with Gasteiger partial charge in [-0.1, -0.05) is 17.7 Å². The number of nitrogens with zero attached hydrogens (tertiary/aromatic N) is 2. The Balaban J connectivity index is 2.12. The van der Waals surface area contributed by atoms with Crippen LogP contribution < -0.4 is 10.1 Å². The summed E-state index contributed by atoms with van der Waals surface area (Å²) >= 11 is 11.8. The lowest BCUT2D eigenvalue weighted by atomic mass is 10.1. The van der Waals surface area contributed by atoms with Gasteiger partial charge >= 0.3 is 0 Å². The molecular weight excluding hydrogens is 340 g/mol. The summed E-state index contributed by atoms with van der Waals surface area (Å²) in [5.74, 6) is 0.849. The summed E-state index contributed by atoms with van der Waals surface area (Å²) in [7, 11) is 1.57. The van der Waals surface area contributed by atoms with E-state index in [1.165, 1.54) is 12.4 Å². The van der Waals surface area contributed by atoms with E-state index in [9.17, 15) is 4.39 Å². The van der Waals surface area contributed by atoms with Crippen LogP contribution in [0.4, 0.5) is 15.9 Å². The fourth-order valence-electron chi connectivity index (χ4n) is 2.25. The van der Waals surface area contributed by atoms with Gasteiger partial charge in [-0.15, -0.1) is 11.6 Å². The van der Waals surface area contributed by atoms with Crippen molar-refractivity contribution in [2.75, 3.05) is 12.4 Å². The van der Waals surface area contributed by atoms with Crippen LogP contribution in [0.15, 0.2) is 36.7 Å². The molecule has 0 spiro atoms. The molecule has 0 aliphatic heterocycles. The third kappa shape index (κ3) is 3.02. The second-order valence-electron chi connectivity index (χ2n) is 4.76. The number of halogens is 3. The van der Waals surface area contributed by atoms with E-state index in [2.05, 4.69) is 15.3 Å². The number of rotatable bonds is 4. The molecule has 2 aromatic carbocycles. The summed E-state index contributed by atoms with van der Waals surface area (Å²) in [4.78, 5) is 8.40. The molecule has 0 aliphatic rings. The summed E-state index contributed by atoms with van der Waals surface area (Å²) < 4.78 is 19.4. The Morgan fingerprint density at radius 1 is 1.26 bits per heavy atom. The Bertz CT molecular complexity index is 873. The lowest BCUT2D eigenvalue weighted by Gasteiger charge is -2.12. The second kappa shape index (κ2) is 6.56. The van der Waals surface area contributed by atoms with Crippen molar-refractivity contribution in [3.63, 3.8) is 0 Å². The highest BCUT2D eigenvalue weighted by molar-refractivity contribution is 6.31. The Morgan fingerprint density at radius 2 is 2.09 bits per heavy atom. The summed E-state index contributed by atoms with van der Waals surface area (Å²) in [5, 5.41) is 3.70. The van der Waals surface area contributed by atoms with E-state index in [-0.39, 0.29) is 16.6 Å². The second-order valence-corrected chi connectivity index (χ2v) is 5.44. The molecular formula is C16H12Cl2FN3O. The molecule has 3 aromatic rings. The molecule has 23 heavy (non-hydrogen) atoms. The van der Waals surface area contributed by atoms with Gasteiger partial charge in [0.25, 0.3) is 0 Å². The van der Waals surface area contributed by atoms with Gasteiger partial charge in [0.05, 0.1) is 29.2 Å². The Labute approximate surface area is 142 Å². The monoisotopic (exact) mass is 351 g/mol. The topological polar surface area (TPSA) is 47.0 Å². The predicted octanol–water partition coefficient (Wildman–Crippen LogP) is 4.91. The lowest BCUT2D eigenvalue weighted by Crippen LogP contribution is -2.00. The van der Waals surface area contributed by atoms with Crippen LogP contribution in [-0.4, -0.2) is 17.1 Å².